The Labute approximate surface area is 169 Å². The Balaban J connectivity index is 1.64. The topological polar surface area (TPSA) is 166 Å². The van der Waals surface area contributed by atoms with Gasteiger partial charge in [-0.1, -0.05) is 11.3 Å². The molecule has 162 valence electrons. The van der Waals surface area contributed by atoms with Crippen LogP contribution in [0.1, 0.15) is 11.1 Å². The van der Waals surface area contributed by atoms with E-state index in [1.807, 2.05) is 0 Å². The molecule has 0 spiro atoms. The number of alkyl halides is 2. The van der Waals surface area contributed by atoms with Gasteiger partial charge in [-0.2, -0.15) is 13.8 Å². The second-order valence-electron chi connectivity index (χ2n) is 6.03. The Morgan fingerprint density at radius 1 is 1.47 bits per heavy atom. The van der Waals surface area contributed by atoms with Crippen LogP contribution in [-0.2, 0) is 16.1 Å². The lowest BCUT2D eigenvalue weighted by Gasteiger charge is -2.21. The summed E-state index contributed by atoms with van der Waals surface area (Å²) in [6.45, 7) is -1.15. The first-order valence-electron chi connectivity index (χ1n) is 8.21. The minimum absolute atomic E-state index is 0.126. The first kappa shape index (κ1) is 21.7. The van der Waals surface area contributed by atoms with Gasteiger partial charge in [0.1, 0.15) is 18.5 Å². The van der Waals surface area contributed by atoms with Crippen LogP contribution in [0.4, 0.5) is 24.4 Å². The molecule has 12 nitrogen and oxygen atoms in total. The lowest BCUT2D eigenvalue weighted by atomic mass is 10.1. The molecule has 3 heterocycles. The van der Waals surface area contributed by atoms with Gasteiger partial charge in [0.25, 0.3) is 0 Å². The molecule has 15 heteroatoms. The maximum absolute atomic E-state index is 14.1. The minimum atomic E-state index is -3.86. The van der Waals surface area contributed by atoms with Crippen LogP contribution in [-0.4, -0.2) is 55.5 Å². The van der Waals surface area contributed by atoms with Gasteiger partial charge in [0.05, 0.1) is 11.5 Å². The number of amides is 1. The van der Waals surface area contributed by atoms with Gasteiger partial charge in [-0.3, -0.25) is 20.0 Å². The Bertz CT molecular complexity index is 1010. The van der Waals surface area contributed by atoms with Crippen LogP contribution in [0.2, 0.25) is 0 Å². The van der Waals surface area contributed by atoms with Crippen molar-refractivity contribution in [3.8, 4) is 0 Å². The van der Waals surface area contributed by atoms with Crippen molar-refractivity contribution < 1.29 is 38.2 Å². The number of aromatic nitrogens is 2. The molecule has 3 N–H and O–H groups in total. The number of carbonyl (C=O) groups excluding carboxylic acids is 1. The average Bonchev–Trinajstić information content (AvgIpc) is 3.24. The highest BCUT2D eigenvalue weighted by Crippen LogP contribution is 2.41. The number of ether oxygens (including phenoxy) is 2. The van der Waals surface area contributed by atoms with E-state index in [0.29, 0.717) is 9.44 Å². The van der Waals surface area contributed by atoms with Gasteiger partial charge in [-0.25, -0.2) is 9.59 Å². The van der Waals surface area contributed by atoms with Gasteiger partial charge in [-0.15, -0.1) is 0 Å². The summed E-state index contributed by atoms with van der Waals surface area (Å²) in [7, 11) is 0. The van der Waals surface area contributed by atoms with E-state index in [2.05, 4.69) is 10.3 Å². The molecule has 0 unspecified atom stereocenters. The van der Waals surface area contributed by atoms with E-state index in [0.717, 1.165) is 23.6 Å². The maximum atomic E-state index is 14.1. The Morgan fingerprint density at radius 3 is 2.77 bits per heavy atom. The number of hydrogen-bond acceptors (Lipinski definition) is 10. The molecule has 1 amide bonds. The summed E-state index contributed by atoms with van der Waals surface area (Å²) in [5, 5.41) is 31.1. The number of nitrogens with zero attached hydrogens (tertiary/aromatic N) is 3. The normalized spacial score (nSPS) is 22.6. The maximum Gasteiger partial charge on any atom is 0.413 e. The molecule has 3 rings (SSSR count). The lowest BCUT2D eigenvalue weighted by Crippen LogP contribution is -2.41. The van der Waals surface area contributed by atoms with Gasteiger partial charge in [-0.05, 0) is 12.1 Å². The number of halogens is 2. The fourth-order valence-electron chi connectivity index (χ4n) is 2.60. The van der Waals surface area contributed by atoms with E-state index < -0.39 is 47.7 Å². The third-order valence-electron chi connectivity index (χ3n) is 4.05. The molecule has 0 aromatic carbocycles. The van der Waals surface area contributed by atoms with Crippen molar-refractivity contribution in [1.29, 1.82) is 0 Å². The monoisotopic (exact) mass is 448 g/mol. The van der Waals surface area contributed by atoms with Crippen molar-refractivity contribution in [2.24, 2.45) is 0 Å². The number of aliphatic hydroxyl groups is 2. The Morgan fingerprint density at radius 2 is 2.20 bits per heavy atom. The molecule has 1 fully saturated rings. The second-order valence-corrected chi connectivity index (χ2v) is 7.18. The van der Waals surface area contributed by atoms with Gasteiger partial charge in [0.15, 0.2) is 6.10 Å². The van der Waals surface area contributed by atoms with E-state index in [9.17, 15) is 33.6 Å². The van der Waals surface area contributed by atoms with Gasteiger partial charge < -0.3 is 19.7 Å². The predicted molar refractivity (Wildman–Crippen MR) is 95.2 cm³/mol. The SMILES string of the molecule is O=C(Nc1ccn([C@@H]2O[C@H](CO)[C@@H](O)C2(F)F)c(=O)n1)OCc1ccc([N+](=O)[O-])s1. The summed E-state index contributed by atoms with van der Waals surface area (Å²) in [4.78, 5) is 37.7. The number of rotatable bonds is 6. The lowest BCUT2D eigenvalue weighted by molar-refractivity contribution is -0.380. The predicted octanol–water partition coefficient (Wildman–Crippen LogP) is 0.848. The molecule has 0 aliphatic carbocycles. The molecule has 3 atom stereocenters. The number of hydrogen-bond donors (Lipinski definition) is 3. The fraction of sp³-hybridized carbons (Fsp3) is 0.400. The standard InChI is InChI=1S/C15H14F2N4O8S/c16-15(17)11(23)8(5-22)29-12(15)20-4-3-9(18-13(20)24)19-14(25)28-6-7-1-2-10(30-7)21(26)27/h1-4,8,11-12,22-23H,5-6H2,(H,18,19,24,25)/t8-,11-,12-/m1/s1. The molecule has 0 bridgehead atoms. The summed E-state index contributed by atoms with van der Waals surface area (Å²) in [5.74, 6) is -4.17. The number of nitrogens with one attached hydrogen (secondary N) is 1. The van der Waals surface area contributed by atoms with Crippen molar-refractivity contribution in [3.05, 3.63) is 49.9 Å². The van der Waals surface area contributed by atoms with Crippen LogP contribution in [0.5, 0.6) is 0 Å². The van der Waals surface area contributed by atoms with Gasteiger partial charge >= 0.3 is 22.7 Å². The zero-order valence-corrected chi connectivity index (χ0v) is 15.6. The Kier molecular flexibility index (Phi) is 6.06. The molecular weight excluding hydrogens is 434 g/mol. The van der Waals surface area contributed by atoms with Crippen molar-refractivity contribution in [3.63, 3.8) is 0 Å². The van der Waals surface area contributed by atoms with Crippen LogP contribution in [0, 0.1) is 10.1 Å². The summed E-state index contributed by atoms with van der Waals surface area (Å²) in [6.07, 6.45) is -6.26. The first-order chi connectivity index (χ1) is 14.1. The molecule has 1 aliphatic heterocycles. The van der Waals surface area contributed by atoms with Gasteiger partial charge in [0, 0.05) is 17.1 Å². The van der Waals surface area contributed by atoms with Crippen molar-refractivity contribution in [1.82, 2.24) is 9.55 Å². The average molecular weight is 448 g/mol. The summed E-state index contributed by atoms with van der Waals surface area (Å²) in [6, 6.07) is 3.68. The van der Waals surface area contributed by atoms with E-state index in [1.165, 1.54) is 12.1 Å². The van der Waals surface area contributed by atoms with E-state index in [-0.39, 0.29) is 17.4 Å². The van der Waals surface area contributed by atoms with Gasteiger partial charge in [0.2, 0.25) is 6.23 Å². The van der Waals surface area contributed by atoms with E-state index >= 15 is 0 Å². The second kappa shape index (κ2) is 8.39. The Hall–Kier alpha value is -3.01. The quantitative estimate of drug-likeness (QED) is 0.429. The summed E-state index contributed by atoms with van der Waals surface area (Å²) in [5.41, 5.74) is -1.21. The summed E-state index contributed by atoms with van der Waals surface area (Å²) >= 11 is 0.813. The molecule has 1 saturated heterocycles. The third-order valence-corrected chi connectivity index (χ3v) is 5.06. The number of aliphatic hydroxyl groups excluding tert-OH is 2. The van der Waals surface area contributed by atoms with E-state index in [1.54, 1.807) is 0 Å². The molecule has 0 radical (unpaired) electrons. The summed E-state index contributed by atoms with van der Waals surface area (Å²) < 4.78 is 38.4. The fourth-order valence-corrected chi connectivity index (χ4v) is 3.33. The highest BCUT2D eigenvalue weighted by molar-refractivity contribution is 7.15. The van der Waals surface area contributed by atoms with Crippen LogP contribution in [0.3, 0.4) is 0 Å². The third kappa shape index (κ3) is 4.28. The van der Waals surface area contributed by atoms with E-state index in [4.69, 9.17) is 14.6 Å². The molecular formula is C15H14F2N4O8S. The number of carbonyl (C=O) groups is 1. The number of anilines is 1. The largest absolute Gasteiger partial charge is 0.444 e. The highest BCUT2D eigenvalue weighted by atomic mass is 32.1. The zero-order valence-electron chi connectivity index (χ0n) is 14.8. The highest BCUT2D eigenvalue weighted by Gasteiger charge is 2.59. The van der Waals surface area contributed by atoms with Crippen LogP contribution >= 0.6 is 11.3 Å². The molecule has 2 aromatic heterocycles. The molecule has 2 aromatic rings. The van der Waals surface area contributed by atoms with Crippen LogP contribution in [0.15, 0.2) is 29.2 Å². The smallest absolute Gasteiger partial charge is 0.413 e. The number of nitro groups is 1. The van der Waals surface area contributed by atoms with Crippen LogP contribution in [0.25, 0.3) is 0 Å². The zero-order chi connectivity index (χ0) is 22.1. The first-order valence-corrected chi connectivity index (χ1v) is 9.03. The minimum Gasteiger partial charge on any atom is -0.444 e. The molecule has 30 heavy (non-hydrogen) atoms. The molecule has 0 saturated carbocycles. The molecule has 1 aliphatic rings. The van der Waals surface area contributed by atoms with Crippen LogP contribution < -0.4 is 11.0 Å². The van der Waals surface area contributed by atoms with Crippen molar-refractivity contribution >= 4 is 28.2 Å². The van der Waals surface area contributed by atoms with Crippen molar-refractivity contribution in [2.45, 2.75) is 31.0 Å². The number of thiophene rings is 1. The van der Waals surface area contributed by atoms with Crippen molar-refractivity contribution in [2.75, 3.05) is 11.9 Å².